The lowest BCUT2D eigenvalue weighted by molar-refractivity contribution is -0.137. The van der Waals surface area contributed by atoms with Crippen molar-refractivity contribution < 1.29 is 4.79 Å². The fourth-order valence-corrected chi connectivity index (χ4v) is 4.08. The van der Waals surface area contributed by atoms with E-state index in [0.29, 0.717) is 10.9 Å². The van der Waals surface area contributed by atoms with E-state index in [1.54, 1.807) is 0 Å². The number of carbonyl (C=O) groups excluding carboxylic acids is 1. The lowest BCUT2D eigenvalue weighted by Crippen LogP contribution is -2.48. The maximum Gasteiger partial charge on any atom is 0.235 e. The van der Waals surface area contributed by atoms with Crippen LogP contribution in [0.1, 0.15) is 43.6 Å². The van der Waals surface area contributed by atoms with Crippen molar-refractivity contribution >= 4 is 23.1 Å². The van der Waals surface area contributed by atoms with Gasteiger partial charge in [-0.2, -0.15) is 0 Å². The molecule has 1 saturated carbocycles. The van der Waals surface area contributed by atoms with Gasteiger partial charge in [0.25, 0.3) is 0 Å². The van der Waals surface area contributed by atoms with Crippen LogP contribution in [0.15, 0.2) is 30.3 Å². The Morgan fingerprint density at radius 1 is 1.24 bits per heavy atom. The van der Waals surface area contributed by atoms with E-state index in [2.05, 4.69) is 24.3 Å². The van der Waals surface area contributed by atoms with Crippen LogP contribution in [0.5, 0.6) is 0 Å². The first kappa shape index (κ1) is 14.5. The van der Waals surface area contributed by atoms with Gasteiger partial charge in [0.2, 0.25) is 5.91 Å². The van der Waals surface area contributed by atoms with Gasteiger partial charge in [-0.25, -0.2) is 0 Å². The number of benzene rings is 1. The predicted molar refractivity (Wildman–Crippen MR) is 88.1 cm³/mol. The van der Waals surface area contributed by atoms with Crippen LogP contribution in [-0.2, 0) is 4.79 Å². The Morgan fingerprint density at radius 3 is 2.52 bits per heavy atom. The molecule has 1 aliphatic carbocycles. The van der Waals surface area contributed by atoms with Gasteiger partial charge in [0, 0.05) is 19.0 Å². The third-order valence-corrected chi connectivity index (χ3v) is 5.48. The fourth-order valence-electron chi connectivity index (χ4n) is 3.79. The van der Waals surface area contributed by atoms with Crippen LogP contribution >= 0.6 is 12.2 Å². The van der Waals surface area contributed by atoms with Crippen molar-refractivity contribution in [3.63, 3.8) is 0 Å². The Bertz CT molecular complexity index is 537. The van der Waals surface area contributed by atoms with Crippen molar-refractivity contribution in [2.24, 2.45) is 11.1 Å². The standard InChI is InChI=1S/C17H22N2OS/c18-15(21)17(9-4-5-10-17)16(20)19-11-8-14(12-19)13-6-2-1-3-7-13/h1-3,6-7,14H,4-5,8-12H2,(H2,18,21). The Balaban J connectivity index is 1.74. The van der Waals surface area contributed by atoms with Gasteiger partial charge in [-0.3, -0.25) is 4.79 Å². The van der Waals surface area contributed by atoms with Crippen LogP contribution in [0.3, 0.4) is 0 Å². The maximum absolute atomic E-state index is 12.9. The molecule has 21 heavy (non-hydrogen) atoms. The average Bonchev–Trinajstić information content (AvgIpc) is 3.18. The summed E-state index contributed by atoms with van der Waals surface area (Å²) in [7, 11) is 0. The molecule has 2 N–H and O–H groups in total. The van der Waals surface area contributed by atoms with Crippen LogP contribution in [0.4, 0.5) is 0 Å². The monoisotopic (exact) mass is 302 g/mol. The molecule has 1 aromatic carbocycles. The molecule has 1 heterocycles. The smallest absolute Gasteiger partial charge is 0.235 e. The number of rotatable bonds is 3. The Hall–Kier alpha value is -1.42. The topological polar surface area (TPSA) is 46.3 Å². The molecule has 1 saturated heterocycles. The number of likely N-dealkylation sites (tertiary alicyclic amines) is 1. The van der Waals surface area contributed by atoms with Gasteiger partial charge in [-0.15, -0.1) is 0 Å². The Kier molecular flexibility index (Phi) is 3.98. The summed E-state index contributed by atoms with van der Waals surface area (Å²) in [5, 5.41) is 0. The molecule has 112 valence electrons. The lowest BCUT2D eigenvalue weighted by Gasteiger charge is -2.31. The van der Waals surface area contributed by atoms with E-state index >= 15 is 0 Å². The maximum atomic E-state index is 12.9. The second-order valence-electron chi connectivity index (χ2n) is 6.30. The number of hydrogen-bond donors (Lipinski definition) is 1. The molecule has 2 aliphatic rings. The molecular formula is C17H22N2OS. The first-order valence-corrected chi connectivity index (χ1v) is 8.18. The van der Waals surface area contributed by atoms with E-state index < -0.39 is 5.41 Å². The number of amides is 1. The number of carbonyl (C=O) groups is 1. The molecule has 1 amide bonds. The highest BCUT2D eigenvalue weighted by Gasteiger charge is 2.47. The third kappa shape index (κ3) is 2.57. The van der Waals surface area contributed by atoms with Crippen molar-refractivity contribution in [1.82, 2.24) is 4.90 Å². The molecule has 1 aliphatic heterocycles. The zero-order valence-corrected chi connectivity index (χ0v) is 13.1. The molecule has 0 radical (unpaired) electrons. The summed E-state index contributed by atoms with van der Waals surface area (Å²) in [4.78, 5) is 15.3. The van der Waals surface area contributed by atoms with E-state index in [1.807, 2.05) is 11.0 Å². The summed E-state index contributed by atoms with van der Waals surface area (Å²) in [6.07, 6.45) is 4.79. The van der Waals surface area contributed by atoms with Crippen LogP contribution in [-0.4, -0.2) is 28.9 Å². The number of thiocarbonyl (C=S) groups is 1. The highest BCUT2D eigenvalue weighted by molar-refractivity contribution is 7.80. The highest BCUT2D eigenvalue weighted by Crippen LogP contribution is 2.41. The van der Waals surface area contributed by atoms with E-state index in [-0.39, 0.29) is 5.91 Å². The lowest BCUT2D eigenvalue weighted by atomic mass is 9.84. The molecule has 0 aromatic heterocycles. The van der Waals surface area contributed by atoms with Gasteiger partial charge < -0.3 is 10.6 Å². The quantitative estimate of drug-likeness (QED) is 0.873. The molecule has 3 rings (SSSR count). The highest BCUT2D eigenvalue weighted by atomic mass is 32.1. The molecule has 1 aromatic rings. The molecule has 0 spiro atoms. The van der Waals surface area contributed by atoms with E-state index in [4.69, 9.17) is 18.0 Å². The molecule has 1 unspecified atom stereocenters. The van der Waals surface area contributed by atoms with Crippen LogP contribution in [0.2, 0.25) is 0 Å². The summed E-state index contributed by atoms with van der Waals surface area (Å²) < 4.78 is 0. The summed E-state index contributed by atoms with van der Waals surface area (Å²) >= 11 is 5.23. The SMILES string of the molecule is NC(=S)C1(C(=O)N2CCC(c3ccccc3)C2)CCCC1. The molecular weight excluding hydrogens is 280 g/mol. The van der Waals surface area contributed by atoms with Crippen molar-refractivity contribution in [2.75, 3.05) is 13.1 Å². The summed E-state index contributed by atoms with van der Waals surface area (Å²) in [5.74, 6) is 0.617. The van der Waals surface area contributed by atoms with E-state index in [1.165, 1.54) is 5.56 Å². The second-order valence-corrected chi connectivity index (χ2v) is 6.74. The Morgan fingerprint density at radius 2 is 1.90 bits per heavy atom. The Labute approximate surface area is 131 Å². The third-order valence-electron chi connectivity index (χ3n) is 5.08. The largest absolute Gasteiger partial charge is 0.392 e. The first-order valence-electron chi connectivity index (χ1n) is 7.78. The summed E-state index contributed by atoms with van der Waals surface area (Å²) in [5.41, 5.74) is 6.70. The minimum atomic E-state index is -0.555. The van der Waals surface area contributed by atoms with Crippen molar-refractivity contribution in [3.8, 4) is 0 Å². The zero-order chi connectivity index (χ0) is 14.9. The zero-order valence-electron chi connectivity index (χ0n) is 12.3. The summed E-state index contributed by atoms with van der Waals surface area (Å²) in [6, 6.07) is 10.5. The minimum absolute atomic E-state index is 0.172. The molecule has 3 nitrogen and oxygen atoms in total. The van der Waals surface area contributed by atoms with Gasteiger partial charge in [-0.05, 0) is 24.8 Å². The van der Waals surface area contributed by atoms with Crippen LogP contribution in [0, 0.1) is 5.41 Å². The van der Waals surface area contributed by atoms with Crippen molar-refractivity contribution in [2.45, 2.75) is 38.0 Å². The van der Waals surface area contributed by atoms with Gasteiger partial charge in [0.15, 0.2) is 0 Å². The van der Waals surface area contributed by atoms with Crippen molar-refractivity contribution in [1.29, 1.82) is 0 Å². The summed E-state index contributed by atoms with van der Waals surface area (Å²) in [6.45, 7) is 1.62. The fraction of sp³-hybridized carbons (Fsp3) is 0.529. The van der Waals surface area contributed by atoms with Crippen LogP contribution in [0.25, 0.3) is 0 Å². The number of nitrogens with zero attached hydrogens (tertiary/aromatic N) is 1. The van der Waals surface area contributed by atoms with Gasteiger partial charge >= 0.3 is 0 Å². The molecule has 2 fully saturated rings. The number of nitrogens with two attached hydrogens (primary N) is 1. The molecule has 0 bridgehead atoms. The predicted octanol–water partition coefficient (Wildman–Crippen LogP) is 2.85. The molecule has 4 heteroatoms. The first-order chi connectivity index (χ1) is 10.1. The van der Waals surface area contributed by atoms with E-state index in [9.17, 15) is 4.79 Å². The average molecular weight is 302 g/mol. The van der Waals surface area contributed by atoms with Gasteiger partial charge in [0.1, 0.15) is 0 Å². The normalized spacial score (nSPS) is 24.2. The van der Waals surface area contributed by atoms with Gasteiger partial charge in [-0.1, -0.05) is 55.4 Å². The molecule has 1 atom stereocenters. The second kappa shape index (κ2) is 5.76. The van der Waals surface area contributed by atoms with Crippen LogP contribution < -0.4 is 5.73 Å². The van der Waals surface area contributed by atoms with Crippen molar-refractivity contribution in [3.05, 3.63) is 35.9 Å². The van der Waals surface area contributed by atoms with E-state index in [0.717, 1.165) is 45.2 Å². The minimum Gasteiger partial charge on any atom is -0.392 e. The number of hydrogen-bond acceptors (Lipinski definition) is 2. The van der Waals surface area contributed by atoms with Gasteiger partial charge in [0.05, 0.1) is 10.4 Å².